The first-order chi connectivity index (χ1) is 4.97. The number of carbonyl (C=O) groups is 1. The molecule has 1 N–H and O–H groups in total. The van der Waals surface area contributed by atoms with Crippen molar-refractivity contribution < 1.29 is 14.3 Å². The lowest BCUT2D eigenvalue weighted by atomic mass is 10.3. The summed E-state index contributed by atoms with van der Waals surface area (Å²) in [5, 5.41) is 2.55. The van der Waals surface area contributed by atoms with Crippen molar-refractivity contribution in [1.82, 2.24) is 5.32 Å². The van der Waals surface area contributed by atoms with Crippen LogP contribution in [0.4, 0.5) is 0 Å². The lowest BCUT2D eigenvalue weighted by Crippen LogP contribution is -2.44. The first-order valence-corrected chi connectivity index (χ1v) is 3.53. The van der Waals surface area contributed by atoms with Gasteiger partial charge in [-0.05, 0) is 20.8 Å². The lowest BCUT2D eigenvalue weighted by molar-refractivity contribution is -0.164. The summed E-state index contributed by atoms with van der Waals surface area (Å²) in [6.07, 6.45) is 0.616. The molecule has 0 bridgehead atoms. The number of ether oxygens (including phenoxy) is 2. The summed E-state index contributed by atoms with van der Waals surface area (Å²) < 4.78 is 10.7. The standard InChI is InChI=1S/C7H13NO3/c1-6(2)10-4-7(3,11-6)8-5-9/h5H,4H2,1-3H3,(H,8,9). The van der Waals surface area contributed by atoms with Gasteiger partial charge >= 0.3 is 0 Å². The Kier molecular flexibility index (Phi) is 1.90. The van der Waals surface area contributed by atoms with Crippen molar-refractivity contribution in [3.63, 3.8) is 0 Å². The molecule has 0 aromatic heterocycles. The zero-order valence-corrected chi connectivity index (χ0v) is 7.01. The smallest absolute Gasteiger partial charge is 0.209 e. The van der Waals surface area contributed by atoms with Crippen molar-refractivity contribution in [3.8, 4) is 0 Å². The average molecular weight is 159 g/mol. The third-order valence-corrected chi connectivity index (χ3v) is 1.53. The molecule has 4 nitrogen and oxygen atoms in total. The average Bonchev–Trinajstić information content (AvgIpc) is 2.07. The quantitative estimate of drug-likeness (QED) is 0.587. The van der Waals surface area contributed by atoms with E-state index in [-0.39, 0.29) is 0 Å². The monoisotopic (exact) mass is 159 g/mol. The Hall–Kier alpha value is -0.610. The van der Waals surface area contributed by atoms with Gasteiger partial charge in [0.05, 0.1) is 6.61 Å². The molecule has 1 heterocycles. The van der Waals surface area contributed by atoms with Gasteiger partial charge in [0.15, 0.2) is 11.5 Å². The highest BCUT2D eigenvalue weighted by atomic mass is 16.8. The maximum Gasteiger partial charge on any atom is 0.209 e. The second-order valence-corrected chi connectivity index (χ2v) is 3.28. The summed E-state index contributed by atoms with van der Waals surface area (Å²) in [4.78, 5) is 10.1. The van der Waals surface area contributed by atoms with Crippen molar-refractivity contribution in [3.05, 3.63) is 0 Å². The third kappa shape index (κ3) is 1.91. The number of amides is 1. The minimum Gasteiger partial charge on any atom is -0.345 e. The Morgan fingerprint density at radius 2 is 2.09 bits per heavy atom. The van der Waals surface area contributed by atoms with E-state index >= 15 is 0 Å². The van der Waals surface area contributed by atoms with Gasteiger partial charge in [-0.3, -0.25) is 4.79 Å². The molecule has 0 spiro atoms. The molecule has 1 saturated heterocycles. The van der Waals surface area contributed by atoms with Crippen molar-refractivity contribution in [2.45, 2.75) is 32.3 Å². The maximum atomic E-state index is 10.1. The summed E-state index contributed by atoms with van der Waals surface area (Å²) in [7, 11) is 0. The predicted octanol–water partition coefficient (Wildman–Crippen LogP) is 0.231. The number of carbonyl (C=O) groups excluding carboxylic acids is 1. The summed E-state index contributed by atoms with van der Waals surface area (Å²) in [5.74, 6) is -0.592. The zero-order chi connectivity index (χ0) is 8.54. The molecular weight excluding hydrogens is 146 g/mol. The molecule has 1 amide bonds. The molecule has 4 heteroatoms. The van der Waals surface area contributed by atoms with E-state index in [4.69, 9.17) is 9.47 Å². The van der Waals surface area contributed by atoms with Crippen LogP contribution in [0.3, 0.4) is 0 Å². The molecule has 11 heavy (non-hydrogen) atoms. The first kappa shape index (κ1) is 8.49. The fraction of sp³-hybridized carbons (Fsp3) is 0.857. The minimum absolute atomic E-state index is 0.388. The third-order valence-electron chi connectivity index (χ3n) is 1.53. The SMILES string of the molecule is CC1(NC=O)COC(C)(C)O1. The first-order valence-electron chi connectivity index (χ1n) is 3.53. The number of nitrogens with one attached hydrogen (secondary N) is 1. The summed E-state index contributed by atoms with van der Waals surface area (Å²) in [6.45, 7) is 5.78. The Labute approximate surface area is 65.9 Å². The van der Waals surface area contributed by atoms with Crippen LogP contribution in [0.5, 0.6) is 0 Å². The zero-order valence-electron chi connectivity index (χ0n) is 7.01. The number of hydrogen-bond donors (Lipinski definition) is 1. The molecule has 0 radical (unpaired) electrons. The topological polar surface area (TPSA) is 47.6 Å². The van der Waals surface area contributed by atoms with Gasteiger partial charge < -0.3 is 14.8 Å². The molecule has 0 aromatic carbocycles. The Balaban J connectivity index is 2.57. The highest BCUT2D eigenvalue weighted by Gasteiger charge is 2.41. The Morgan fingerprint density at radius 3 is 2.45 bits per heavy atom. The molecule has 1 aliphatic heterocycles. The molecular formula is C7H13NO3. The van der Waals surface area contributed by atoms with Crippen LogP contribution in [-0.2, 0) is 14.3 Å². The highest BCUT2D eigenvalue weighted by molar-refractivity contribution is 5.47. The van der Waals surface area contributed by atoms with Gasteiger partial charge in [0.2, 0.25) is 6.41 Å². The molecule has 1 rings (SSSR count). The molecule has 0 aromatic rings. The van der Waals surface area contributed by atoms with Gasteiger partial charge in [-0.15, -0.1) is 0 Å². The lowest BCUT2D eigenvalue weighted by Gasteiger charge is -2.23. The summed E-state index contributed by atoms with van der Waals surface area (Å²) in [6, 6.07) is 0. The Morgan fingerprint density at radius 1 is 1.45 bits per heavy atom. The van der Waals surface area contributed by atoms with Crippen LogP contribution < -0.4 is 5.32 Å². The molecule has 1 unspecified atom stereocenters. The predicted molar refractivity (Wildman–Crippen MR) is 38.7 cm³/mol. The van der Waals surface area contributed by atoms with Crippen LogP contribution in [0.15, 0.2) is 0 Å². The van der Waals surface area contributed by atoms with E-state index in [2.05, 4.69) is 5.32 Å². The van der Waals surface area contributed by atoms with Crippen LogP contribution in [0, 0.1) is 0 Å². The van der Waals surface area contributed by atoms with E-state index < -0.39 is 11.5 Å². The minimum atomic E-state index is -0.661. The van der Waals surface area contributed by atoms with E-state index in [1.54, 1.807) is 6.92 Å². The van der Waals surface area contributed by atoms with E-state index in [1.165, 1.54) is 0 Å². The van der Waals surface area contributed by atoms with E-state index in [1.807, 2.05) is 13.8 Å². The van der Waals surface area contributed by atoms with Crippen molar-refractivity contribution in [1.29, 1.82) is 0 Å². The van der Waals surface area contributed by atoms with Crippen LogP contribution in [0.25, 0.3) is 0 Å². The summed E-state index contributed by atoms with van der Waals surface area (Å²) in [5.41, 5.74) is -0.661. The van der Waals surface area contributed by atoms with Gasteiger partial charge in [-0.25, -0.2) is 0 Å². The van der Waals surface area contributed by atoms with Gasteiger partial charge in [0.1, 0.15) is 0 Å². The van der Waals surface area contributed by atoms with Crippen LogP contribution in [0.2, 0.25) is 0 Å². The fourth-order valence-corrected chi connectivity index (χ4v) is 1.11. The largest absolute Gasteiger partial charge is 0.345 e. The van der Waals surface area contributed by atoms with E-state index in [0.29, 0.717) is 13.0 Å². The maximum absolute atomic E-state index is 10.1. The molecule has 0 aliphatic carbocycles. The molecule has 1 atom stereocenters. The van der Waals surface area contributed by atoms with Gasteiger partial charge in [0, 0.05) is 0 Å². The highest BCUT2D eigenvalue weighted by Crippen LogP contribution is 2.27. The van der Waals surface area contributed by atoms with E-state index in [0.717, 1.165) is 0 Å². The molecule has 0 saturated carbocycles. The number of hydrogen-bond acceptors (Lipinski definition) is 3. The van der Waals surface area contributed by atoms with Crippen LogP contribution >= 0.6 is 0 Å². The van der Waals surface area contributed by atoms with Crippen LogP contribution in [0.1, 0.15) is 20.8 Å². The van der Waals surface area contributed by atoms with Gasteiger partial charge in [-0.1, -0.05) is 0 Å². The molecule has 1 fully saturated rings. The molecule has 64 valence electrons. The van der Waals surface area contributed by atoms with Crippen LogP contribution in [-0.4, -0.2) is 24.5 Å². The normalized spacial score (nSPS) is 35.2. The second kappa shape index (κ2) is 2.46. The van der Waals surface area contributed by atoms with Crippen molar-refractivity contribution in [2.75, 3.05) is 6.61 Å². The van der Waals surface area contributed by atoms with E-state index in [9.17, 15) is 4.79 Å². The molecule has 1 aliphatic rings. The van der Waals surface area contributed by atoms with Crippen molar-refractivity contribution in [2.24, 2.45) is 0 Å². The fourth-order valence-electron chi connectivity index (χ4n) is 1.11. The summed E-state index contributed by atoms with van der Waals surface area (Å²) >= 11 is 0. The number of rotatable bonds is 2. The van der Waals surface area contributed by atoms with Gasteiger partial charge in [0.25, 0.3) is 0 Å². The van der Waals surface area contributed by atoms with Gasteiger partial charge in [-0.2, -0.15) is 0 Å². The Bertz CT molecular complexity index is 169. The second-order valence-electron chi connectivity index (χ2n) is 3.28. The van der Waals surface area contributed by atoms with Crippen molar-refractivity contribution >= 4 is 6.41 Å².